The zero-order valence-electron chi connectivity index (χ0n) is 12.8. The maximum Gasteiger partial charge on any atom is 0.326 e. The first kappa shape index (κ1) is 14.2. The molecule has 0 unspecified atom stereocenters. The summed E-state index contributed by atoms with van der Waals surface area (Å²) in [6.07, 6.45) is 0. The maximum absolute atomic E-state index is 12.0. The third kappa shape index (κ3) is 2.25. The third-order valence-corrected chi connectivity index (χ3v) is 4.05. The lowest BCUT2D eigenvalue weighted by Gasteiger charge is -2.07. The van der Waals surface area contributed by atoms with Crippen LogP contribution >= 0.6 is 0 Å². The summed E-state index contributed by atoms with van der Waals surface area (Å²) in [5, 5.41) is 11.1. The summed E-state index contributed by atoms with van der Waals surface area (Å²) in [5.41, 5.74) is 2.63. The van der Waals surface area contributed by atoms with Crippen molar-refractivity contribution in [3.63, 3.8) is 0 Å². The fourth-order valence-electron chi connectivity index (χ4n) is 2.79. The summed E-state index contributed by atoms with van der Waals surface area (Å²) in [6.45, 7) is 1.75. The number of nitrogens with zero attached hydrogens (tertiary/aromatic N) is 1. The molecule has 2 aromatic heterocycles. The zero-order valence-corrected chi connectivity index (χ0v) is 12.8. The zero-order chi connectivity index (χ0) is 16.8. The number of aromatic nitrogens is 3. The van der Waals surface area contributed by atoms with Crippen molar-refractivity contribution < 1.29 is 5.11 Å². The van der Waals surface area contributed by atoms with Gasteiger partial charge in [-0.25, -0.2) is 9.78 Å². The lowest BCUT2D eigenvalue weighted by atomic mass is 10.0. The van der Waals surface area contributed by atoms with Crippen LogP contribution in [-0.2, 0) is 0 Å². The van der Waals surface area contributed by atoms with Gasteiger partial charge in [0.25, 0.3) is 5.56 Å². The number of aryl methyl sites for hydroxylation is 1. The molecule has 0 fully saturated rings. The van der Waals surface area contributed by atoms with Crippen LogP contribution in [0.5, 0.6) is 5.75 Å². The summed E-state index contributed by atoms with van der Waals surface area (Å²) in [5.74, 6) is 0.146. The van der Waals surface area contributed by atoms with Gasteiger partial charge in [-0.1, -0.05) is 12.1 Å². The smallest absolute Gasteiger partial charge is 0.326 e. The van der Waals surface area contributed by atoms with Crippen LogP contribution in [0.15, 0.2) is 52.1 Å². The van der Waals surface area contributed by atoms with Crippen LogP contribution in [-0.4, -0.2) is 20.1 Å². The number of hydrogen-bond acceptors (Lipinski definition) is 4. The number of nitrogens with one attached hydrogen (secondary N) is 2. The predicted octanol–water partition coefficient (Wildman–Crippen LogP) is 2.45. The van der Waals surface area contributed by atoms with Crippen molar-refractivity contribution in [2.45, 2.75) is 6.92 Å². The van der Waals surface area contributed by atoms with E-state index in [4.69, 9.17) is 0 Å². The molecule has 0 aliphatic carbocycles. The van der Waals surface area contributed by atoms with Gasteiger partial charge in [-0.05, 0) is 48.4 Å². The first-order chi connectivity index (χ1) is 11.5. The number of rotatable bonds is 1. The molecule has 0 spiro atoms. The molecule has 0 saturated carbocycles. The molecule has 4 rings (SSSR count). The van der Waals surface area contributed by atoms with Crippen LogP contribution in [0.2, 0.25) is 0 Å². The molecule has 2 heterocycles. The Bertz CT molecular complexity index is 1220. The molecule has 0 saturated heterocycles. The van der Waals surface area contributed by atoms with Crippen LogP contribution < -0.4 is 11.2 Å². The molecule has 6 nitrogen and oxygen atoms in total. The van der Waals surface area contributed by atoms with Crippen molar-refractivity contribution in [1.29, 1.82) is 0 Å². The molecule has 24 heavy (non-hydrogen) atoms. The Kier molecular flexibility index (Phi) is 2.99. The van der Waals surface area contributed by atoms with E-state index in [1.54, 1.807) is 25.1 Å². The highest BCUT2D eigenvalue weighted by Gasteiger charge is 2.07. The Hall–Kier alpha value is -3.41. The number of benzene rings is 2. The Balaban J connectivity index is 1.93. The van der Waals surface area contributed by atoms with E-state index in [9.17, 15) is 14.7 Å². The van der Waals surface area contributed by atoms with Gasteiger partial charge in [-0.2, -0.15) is 0 Å². The number of hydrogen-bond donors (Lipinski definition) is 3. The van der Waals surface area contributed by atoms with Crippen molar-refractivity contribution in [3.05, 3.63) is 69.0 Å². The summed E-state index contributed by atoms with van der Waals surface area (Å²) in [6, 6.07) is 12.6. The van der Waals surface area contributed by atoms with Gasteiger partial charge in [0, 0.05) is 5.39 Å². The minimum Gasteiger partial charge on any atom is -0.506 e. The molecular formula is C18H13N3O3. The van der Waals surface area contributed by atoms with Gasteiger partial charge >= 0.3 is 5.69 Å². The maximum atomic E-state index is 12.0. The normalized spacial score (nSPS) is 11.2. The Morgan fingerprint density at radius 2 is 1.71 bits per heavy atom. The minimum absolute atomic E-state index is 0.146. The van der Waals surface area contributed by atoms with Crippen LogP contribution in [0.3, 0.4) is 0 Å². The van der Waals surface area contributed by atoms with Gasteiger partial charge in [-0.3, -0.25) is 9.78 Å². The van der Waals surface area contributed by atoms with Gasteiger partial charge in [0.2, 0.25) is 0 Å². The van der Waals surface area contributed by atoms with Gasteiger partial charge < -0.3 is 10.1 Å². The average Bonchev–Trinajstić information content (AvgIpc) is 2.55. The first-order valence-corrected chi connectivity index (χ1v) is 7.38. The highest BCUT2D eigenvalue weighted by Crippen LogP contribution is 2.28. The highest BCUT2D eigenvalue weighted by atomic mass is 16.3. The van der Waals surface area contributed by atoms with E-state index >= 15 is 0 Å². The van der Waals surface area contributed by atoms with Gasteiger partial charge in [0.05, 0.1) is 22.1 Å². The molecule has 4 aromatic rings. The van der Waals surface area contributed by atoms with E-state index in [1.807, 2.05) is 24.3 Å². The quantitative estimate of drug-likeness (QED) is 0.502. The van der Waals surface area contributed by atoms with Gasteiger partial charge in [-0.15, -0.1) is 0 Å². The molecule has 0 atom stereocenters. The van der Waals surface area contributed by atoms with Gasteiger partial charge in [0.1, 0.15) is 5.75 Å². The number of aromatic hydroxyl groups is 1. The first-order valence-electron chi connectivity index (χ1n) is 7.38. The number of fused-ring (bicyclic) bond motifs is 2. The van der Waals surface area contributed by atoms with Crippen molar-refractivity contribution in [2.75, 3.05) is 0 Å². The lowest BCUT2D eigenvalue weighted by molar-refractivity contribution is 0.469. The summed E-state index contributed by atoms with van der Waals surface area (Å²) in [7, 11) is 0. The second kappa shape index (κ2) is 5.06. The predicted molar refractivity (Wildman–Crippen MR) is 92.3 cm³/mol. The van der Waals surface area contributed by atoms with E-state index in [0.717, 1.165) is 22.0 Å². The molecular weight excluding hydrogens is 306 g/mol. The monoisotopic (exact) mass is 319 g/mol. The second-order valence-electron chi connectivity index (χ2n) is 5.67. The summed E-state index contributed by atoms with van der Waals surface area (Å²) in [4.78, 5) is 32.4. The highest BCUT2D eigenvalue weighted by molar-refractivity contribution is 5.88. The molecule has 0 bridgehead atoms. The molecule has 0 aliphatic rings. The Morgan fingerprint density at radius 3 is 2.54 bits per heavy atom. The number of H-pyrrole nitrogens is 2. The summed E-state index contributed by atoms with van der Waals surface area (Å²) < 4.78 is 0. The SMILES string of the molecule is Cc1nc2ccc(-c3ccc4[nH]c(=O)[nH]c(=O)c4c3)cc2cc1O. The molecule has 118 valence electrons. The van der Waals surface area contributed by atoms with Crippen molar-refractivity contribution in [3.8, 4) is 16.9 Å². The summed E-state index contributed by atoms with van der Waals surface area (Å²) >= 11 is 0. The lowest BCUT2D eigenvalue weighted by Crippen LogP contribution is -2.21. The van der Waals surface area contributed by atoms with Crippen molar-refractivity contribution in [1.82, 2.24) is 15.0 Å². The third-order valence-electron chi connectivity index (χ3n) is 4.05. The standard InChI is InChI=1S/C18H13N3O3/c1-9-16(22)8-12-6-10(2-4-14(12)19-9)11-3-5-15-13(7-11)17(23)21-18(24)20-15/h2-8,22H,1H3,(H2,20,21,23,24). The second-order valence-corrected chi connectivity index (χ2v) is 5.67. The Labute approximate surface area is 135 Å². The van der Waals surface area contributed by atoms with Crippen LogP contribution in [0, 0.1) is 6.92 Å². The largest absolute Gasteiger partial charge is 0.506 e. The molecule has 6 heteroatoms. The van der Waals surface area contributed by atoms with E-state index in [-0.39, 0.29) is 5.75 Å². The van der Waals surface area contributed by atoms with Crippen LogP contribution in [0.4, 0.5) is 0 Å². The van der Waals surface area contributed by atoms with Crippen molar-refractivity contribution in [2.24, 2.45) is 0 Å². The van der Waals surface area contributed by atoms with Gasteiger partial charge in [0.15, 0.2) is 0 Å². The fraction of sp³-hybridized carbons (Fsp3) is 0.0556. The van der Waals surface area contributed by atoms with Crippen LogP contribution in [0.1, 0.15) is 5.69 Å². The van der Waals surface area contributed by atoms with E-state index in [1.165, 1.54) is 0 Å². The molecule has 0 amide bonds. The fourth-order valence-corrected chi connectivity index (χ4v) is 2.79. The minimum atomic E-state index is -0.525. The molecule has 0 aliphatic heterocycles. The molecule has 3 N–H and O–H groups in total. The van der Waals surface area contributed by atoms with E-state index in [0.29, 0.717) is 16.6 Å². The van der Waals surface area contributed by atoms with E-state index in [2.05, 4.69) is 15.0 Å². The number of aromatic amines is 2. The molecule has 2 aromatic carbocycles. The average molecular weight is 319 g/mol. The molecule has 0 radical (unpaired) electrons. The van der Waals surface area contributed by atoms with E-state index < -0.39 is 11.2 Å². The van der Waals surface area contributed by atoms with Crippen LogP contribution in [0.25, 0.3) is 32.9 Å². The number of pyridine rings is 1. The Morgan fingerprint density at radius 1 is 0.958 bits per heavy atom. The topological polar surface area (TPSA) is 98.8 Å². The van der Waals surface area contributed by atoms with Crippen molar-refractivity contribution >= 4 is 21.8 Å².